The molecule has 0 spiro atoms. The number of hydrazine groups is 1. The predicted molar refractivity (Wildman–Crippen MR) is 118 cm³/mol. The number of para-hydroxylation sites is 2. The van der Waals surface area contributed by atoms with Gasteiger partial charge in [0.2, 0.25) is 0 Å². The van der Waals surface area contributed by atoms with Gasteiger partial charge in [0.05, 0.1) is 0 Å². The molecule has 4 rings (SSSR count). The number of nitrogens with two attached hydrogens (primary N) is 2. The van der Waals surface area contributed by atoms with Crippen LogP contribution in [-0.2, 0) is 0 Å². The van der Waals surface area contributed by atoms with Gasteiger partial charge in [-0.05, 0) is 37.1 Å². The average Bonchev–Trinajstić information content (AvgIpc) is 3.16. The van der Waals surface area contributed by atoms with Gasteiger partial charge >= 0.3 is 0 Å². The molecule has 1 fully saturated rings. The number of rotatable bonds is 4. The molecule has 0 bridgehead atoms. The largest absolute Gasteiger partial charge is 0.459 e. The molecule has 1 atom stereocenters. The minimum absolute atomic E-state index is 0.252. The first-order valence-corrected chi connectivity index (χ1v) is 9.90. The third-order valence-corrected chi connectivity index (χ3v) is 5.70. The zero-order chi connectivity index (χ0) is 20.4. The number of anilines is 1. The average molecular weight is 393 g/mol. The molecular weight excluding hydrogens is 364 g/mol. The zero-order valence-corrected chi connectivity index (χ0v) is 16.9. The van der Waals surface area contributed by atoms with E-state index < -0.39 is 0 Å². The molecule has 3 aromatic rings. The van der Waals surface area contributed by atoms with Gasteiger partial charge in [-0.2, -0.15) is 5.10 Å². The first-order chi connectivity index (χ1) is 14.1. The Morgan fingerprint density at radius 3 is 2.34 bits per heavy atom. The minimum atomic E-state index is -0.252. The maximum atomic E-state index is 6.13. The number of piperazine rings is 1. The van der Waals surface area contributed by atoms with E-state index in [0.29, 0.717) is 5.84 Å². The van der Waals surface area contributed by atoms with Gasteiger partial charge in [0.15, 0.2) is 5.84 Å². The lowest BCUT2D eigenvalue weighted by Crippen LogP contribution is -2.52. The van der Waals surface area contributed by atoms with Crippen molar-refractivity contribution in [2.75, 3.05) is 31.1 Å². The van der Waals surface area contributed by atoms with Crippen molar-refractivity contribution in [1.82, 2.24) is 10.3 Å². The molecule has 0 saturated carbocycles. The summed E-state index contributed by atoms with van der Waals surface area (Å²) in [5.74, 6) is 12.7. The van der Waals surface area contributed by atoms with E-state index >= 15 is 0 Å². The van der Waals surface area contributed by atoms with Crippen LogP contribution in [0.15, 0.2) is 58.0 Å². The summed E-state index contributed by atoms with van der Waals surface area (Å²) in [7, 11) is 0. The molecular formula is C22H28N6O. The van der Waals surface area contributed by atoms with Crippen LogP contribution in [0.1, 0.15) is 22.9 Å². The molecule has 1 aliphatic rings. The summed E-state index contributed by atoms with van der Waals surface area (Å²) in [5.41, 5.74) is 7.45. The van der Waals surface area contributed by atoms with Gasteiger partial charge in [-0.15, -0.1) is 0 Å². The molecule has 0 amide bonds. The van der Waals surface area contributed by atoms with Gasteiger partial charge in [0.1, 0.15) is 17.4 Å². The Morgan fingerprint density at radius 2 is 1.72 bits per heavy atom. The van der Waals surface area contributed by atoms with Crippen LogP contribution in [0, 0.1) is 13.8 Å². The van der Waals surface area contributed by atoms with E-state index in [1.165, 1.54) is 16.8 Å². The molecule has 2 aromatic carbocycles. The van der Waals surface area contributed by atoms with Crippen LogP contribution in [-0.4, -0.2) is 36.9 Å². The van der Waals surface area contributed by atoms with E-state index in [0.717, 1.165) is 42.9 Å². The van der Waals surface area contributed by atoms with Crippen LogP contribution >= 0.6 is 0 Å². The zero-order valence-electron chi connectivity index (χ0n) is 16.9. The Hall–Kier alpha value is -3.03. The first kappa shape index (κ1) is 19.3. The normalized spacial score (nSPS) is 16.9. The summed E-state index contributed by atoms with van der Waals surface area (Å²) in [6.07, 6.45) is 0. The van der Waals surface area contributed by atoms with Crippen LogP contribution in [0.2, 0.25) is 0 Å². The van der Waals surface area contributed by atoms with Crippen molar-refractivity contribution in [3.8, 4) is 0 Å². The Kier molecular flexibility index (Phi) is 5.42. The highest BCUT2D eigenvalue weighted by atomic mass is 16.3. The van der Waals surface area contributed by atoms with Crippen molar-refractivity contribution in [2.45, 2.75) is 19.9 Å². The monoisotopic (exact) mass is 392 g/mol. The number of hydrogen-bond donors (Lipinski definition) is 3. The van der Waals surface area contributed by atoms with E-state index in [2.05, 4.69) is 52.4 Å². The molecule has 0 aliphatic carbocycles. The van der Waals surface area contributed by atoms with Crippen molar-refractivity contribution >= 4 is 22.5 Å². The third kappa shape index (κ3) is 3.66. The number of fused-ring (bicyclic) bond motifs is 1. The standard InChI is InChI=1S/C22H28N6O/c1-15-6-5-7-16(2)20(15)27-10-12-28(13-11-27)21(22(25-23)26-24)19-14-17-8-3-4-9-18(17)29-19/h3-9,14,21H,10-13,23-24H2,1-2H3,(H,25,26). The van der Waals surface area contributed by atoms with Gasteiger partial charge in [-0.25, -0.2) is 5.84 Å². The maximum Gasteiger partial charge on any atom is 0.161 e. The second kappa shape index (κ2) is 8.14. The Bertz CT molecular complexity index is 966. The van der Waals surface area contributed by atoms with E-state index in [-0.39, 0.29) is 6.04 Å². The Balaban J connectivity index is 1.60. The van der Waals surface area contributed by atoms with E-state index in [1.54, 1.807) is 0 Å². The number of furan rings is 1. The number of amidine groups is 1. The van der Waals surface area contributed by atoms with Gasteiger partial charge in [-0.1, -0.05) is 36.4 Å². The molecule has 1 saturated heterocycles. The molecule has 1 aromatic heterocycles. The minimum Gasteiger partial charge on any atom is -0.459 e. The molecule has 0 radical (unpaired) electrons. The van der Waals surface area contributed by atoms with Crippen LogP contribution in [0.3, 0.4) is 0 Å². The predicted octanol–water partition coefficient (Wildman–Crippen LogP) is 2.65. The van der Waals surface area contributed by atoms with Crippen molar-refractivity contribution < 1.29 is 4.42 Å². The number of aryl methyl sites for hydroxylation is 2. The summed E-state index contributed by atoms with van der Waals surface area (Å²) in [4.78, 5) is 4.76. The van der Waals surface area contributed by atoms with Crippen molar-refractivity contribution in [3.63, 3.8) is 0 Å². The number of benzene rings is 2. The fourth-order valence-electron chi connectivity index (χ4n) is 4.32. The van der Waals surface area contributed by atoms with Crippen LogP contribution in [0.5, 0.6) is 0 Å². The highest BCUT2D eigenvalue weighted by molar-refractivity contribution is 5.89. The molecule has 29 heavy (non-hydrogen) atoms. The molecule has 2 heterocycles. The SMILES string of the molecule is Cc1cccc(C)c1N1CCN(C(/C(=N/N)NN)c2cc3ccccc3o2)CC1. The summed E-state index contributed by atoms with van der Waals surface area (Å²) in [5, 5.41) is 4.95. The van der Waals surface area contributed by atoms with Gasteiger partial charge in [0, 0.05) is 37.3 Å². The van der Waals surface area contributed by atoms with E-state index in [9.17, 15) is 0 Å². The highest BCUT2D eigenvalue weighted by Crippen LogP contribution is 2.31. The summed E-state index contributed by atoms with van der Waals surface area (Å²) < 4.78 is 6.13. The topological polar surface area (TPSA) is 96.0 Å². The molecule has 7 heteroatoms. The Labute approximate surface area is 170 Å². The Morgan fingerprint density at radius 1 is 1.03 bits per heavy atom. The third-order valence-electron chi connectivity index (χ3n) is 5.70. The second-order valence-electron chi connectivity index (χ2n) is 7.51. The van der Waals surface area contributed by atoms with Crippen molar-refractivity contribution in [3.05, 3.63) is 65.4 Å². The lowest BCUT2D eigenvalue weighted by Gasteiger charge is -2.40. The number of nitrogens with zero attached hydrogens (tertiary/aromatic N) is 3. The van der Waals surface area contributed by atoms with Crippen LogP contribution in [0.25, 0.3) is 11.0 Å². The first-order valence-electron chi connectivity index (χ1n) is 9.90. The maximum absolute atomic E-state index is 6.13. The summed E-state index contributed by atoms with van der Waals surface area (Å²) >= 11 is 0. The van der Waals surface area contributed by atoms with E-state index in [4.69, 9.17) is 16.1 Å². The highest BCUT2D eigenvalue weighted by Gasteiger charge is 2.32. The fourth-order valence-corrected chi connectivity index (χ4v) is 4.32. The lowest BCUT2D eigenvalue weighted by atomic mass is 10.1. The van der Waals surface area contributed by atoms with Gasteiger partial charge in [-0.3, -0.25) is 4.90 Å². The molecule has 152 valence electrons. The van der Waals surface area contributed by atoms with Gasteiger partial charge in [0.25, 0.3) is 0 Å². The van der Waals surface area contributed by atoms with E-state index in [1.807, 2.05) is 30.3 Å². The van der Waals surface area contributed by atoms with Crippen molar-refractivity contribution in [2.24, 2.45) is 16.8 Å². The molecule has 7 nitrogen and oxygen atoms in total. The van der Waals surface area contributed by atoms with Crippen LogP contribution < -0.4 is 22.0 Å². The quantitative estimate of drug-likeness (QED) is 0.273. The smallest absolute Gasteiger partial charge is 0.161 e. The van der Waals surface area contributed by atoms with Crippen LogP contribution in [0.4, 0.5) is 5.69 Å². The number of hydrogen-bond acceptors (Lipinski definition) is 6. The number of hydrazone groups is 1. The molecule has 5 N–H and O–H groups in total. The summed E-state index contributed by atoms with van der Waals surface area (Å²) in [6.45, 7) is 7.84. The molecule has 1 aliphatic heterocycles. The van der Waals surface area contributed by atoms with Crippen molar-refractivity contribution in [1.29, 1.82) is 0 Å². The number of nitrogens with one attached hydrogen (secondary N) is 1. The second-order valence-corrected chi connectivity index (χ2v) is 7.51. The van der Waals surface area contributed by atoms with Gasteiger partial charge < -0.3 is 20.6 Å². The molecule has 1 unspecified atom stereocenters. The summed E-state index contributed by atoms with van der Waals surface area (Å²) in [6, 6.07) is 16.2. The fraction of sp³-hybridized carbons (Fsp3) is 0.318. The lowest BCUT2D eigenvalue weighted by molar-refractivity contribution is 0.208.